The van der Waals surface area contributed by atoms with Crippen LogP contribution in [0.15, 0.2) is 11.6 Å². The van der Waals surface area contributed by atoms with Gasteiger partial charge in [-0.1, -0.05) is 26.3 Å². The largest absolute Gasteiger partial charge is 0.393 e. The molecule has 0 aromatic rings. The summed E-state index contributed by atoms with van der Waals surface area (Å²) in [5, 5.41) is 10.5. The molecule has 4 aliphatic carbocycles. The van der Waals surface area contributed by atoms with Crippen LogP contribution in [0.25, 0.3) is 0 Å². The molecule has 0 radical (unpaired) electrons. The lowest BCUT2D eigenvalue weighted by molar-refractivity contribution is -0.125. The van der Waals surface area contributed by atoms with Gasteiger partial charge in [0, 0.05) is 5.41 Å². The summed E-state index contributed by atoms with van der Waals surface area (Å²) in [6, 6.07) is 0. The van der Waals surface area contributed by atoms with Gasteiger partial charge in [0.2, 0.25) is 0 Å². The second-order valence-corrected chi connectivity index (χ2v) is 9.39. The Morgan fingerprint density at radius 3 is 2.64 bits per heavy atom. The highest BCUT2D eigenvalue weighted by atomic mass is 16.3. The zero-order chi connectivity index (χ0) is 15.7. The number of ketones is 1. The van der Waals surface area contributed by atoms with Crippen molar-refractivity contribution in [2.24, 2.45) is 34.5 Å². The Morgan fingerprint density at radius 1 is 1.09 bits per heavy atom. The maximum absolute atomic E-state index is 12.3. The SMILES string of the molecule is CC1(C)C[C@H]2C(=CC1=O)CC[C@@H]1[C@@H]2CC[C@]2(C)[C@@H](O)CC[C@@H]12. The third-order valence-corrected chi connectivity index (χ3v) is 7.92. The molecule has 0 aromatic heterocycles. The van der Waals surface area contributed by atoms with Gasteiger partial charge in [-0.2, -0.15) is 0 Å². The Labute approximate surface area is 134 Å². The van der Waals surface area contributed by atoms with Crippen molar-refractivity contribution in [1.82, 2.24) is 0 Å². The summed E-state index contributed by atoms with van der Waals surface area (Å²) in [7, 11) is 0. The Kier molecular flexibility index (Phi) is 3.18. The summed E-state index contributed by atoms with van der Waals surface area (Å²) in [6.07, 6.45) is 9.98. The Morgan fingerprint density at radius 2 is 1.86 bits per heavy atom. The van der Waals surface area contributed by atoms with Gasteiger partial charge in [-0.3, -0.25) is 4.79 Å². The quantitative estimate of drug-likeness (QED) is 0.730. The first-order valence-corrected chi connectivity index (χ1v) is 9.26. The fraction of sp³-hybridized carbons (Fsp3) is 0.850. The molecule has 0 spiro atoms. The number of aliphatic hydroxyl groups excluding tert-OH is 1. The number of hydrogen-bond acceptors (Lipinski definition) is 2. The Balaban J connectivity index is 1.65. The van der Waals surface area contributed by atoms with E-state index < -0.39 is 0 Å². The Bertz CT molecular complexity index is 532. The number of carbonyl (C=O) groups is 1. The molecule has 2 nitrogen and oxygen atoms in total. The first-order chi connectivity index (χ1) is 10.3. The standard InChI is InChI=1S/C20H30O2/c1-19(2)11-15-12(10-18(19)22)4-5-14-13(15)8-9-20(3)16(14)6-7-17(20)21/h10,13-17,21H,4-9,11H2,1-3H3/t13-,14+,15-,16-,17-,20-/m0/s1. The summed E-state index contributed by atoms with van der Waals surface area (Å²) >= 11 is 0. The van der Waals surface area contributed by atoms with Crippen LogP contribution < -0.4 is 0 Å². The average Bonchev–Trinajstić information content (AvgIpc) is 2.76. The lowest BCUT2D eigenvalue weighted by atomic mass is 9.50. The van der Waals surface area contributed by atoms with Crippen LogP contribution in [0.2, 0.25) is 0 Å². The third kappa shape index (κ3) is 1.92. The normalized spacial score (nSPS) is 49.9. The molecule has 122 valence electrons. The van der Waals surface area contributed by atoms with Crippen LogP contribution in [0.5, 0.6) is 0 Å². The third-order valence-electron chi connectivity index (χ3n) is 7.92. The minimum Gasteiger partial charge on any atom is -0.393 e. The van der Waals surface area contributed by atoms with E-state index in [0.29, 0.717) is 17.6 Å². The van der Waals surface area contributed by atoms with Gasteiger partial charge >= 0.3 is 0 Å². The number of carbonyl (C=O) groups excluding carboxylic acids is 1. The predicted molar refractivity (Wildman–Crippen MR) is 87.3 cm³/mol. The zero-order valence-corrected chi connectivity index (χ0v) is 14.3. The monoisotopic (exact) mass is 302 g/mol. The van der Waals surface area contributed by atoms with Crippen molar-refractivity contribution < 1.29 is 9.90 Å². The van der Waals surface area contributed by atoms with Crippen molar-refractivity contribution in [3.05, 3.63) is 11.6 Å². The molecule has 0 aromatic carbocycles. The number of aliphatic hydroxyl groups is 1. The molecule has 0 unspecified atom stereocenters. The molecule has 3 fully saturated rings. The lowest BCUT2D eigenvalue weighted by Gasteiger charge is -2.54. The fourth-order valence-electron chi connectivity index (χ4n) is 6.47. The highest BCUT2D eigenvalue weighted by Gasteiger charge is 2.56. The molecule has 0 heterocycles. The number of allylic oxidation sites excluding steroid dienone is 1. The molecule has 0 amide bonds. The van der Waals surface area contributed by atoms with E-state index >= 15 is 0 Å². The molecule has 3 saturated carbocycles. The van der Waals surface area contributed by atoms with E-state index in [1.807, 2.05) is 6.08 Å². The molecular formula is C20H30O2. The number of fused-ring (bicyclic) bond motifs is 5. The Hall–Kier alpha value is -0.630. The summed E-state index contributed by atoms with van der Waals surface area (Å²) in [5.74, 6) is 3.23. The molecule has 4 rings (SSSR count). The average molecular weight is 302 g/mol. The molecule has 22 heavy (non-hydrogen) atoms. The van der Waals surface area contributed by atoms with E-state index in [0.717, 1.165) is 31.1 Å². The smallest absolute Gasteiger partial charge is 0.161 e. The van der Waals surface area contributed by atoms with E-state index in [4.69, 9.17) is 0 Å². The first kappa shape index (κ1) is 14.9. The number of rotatable bonds is 0. The molecule has 0 saturated heterocycles. The van der Waals surface area contributed by atoms with Crippen LogP contribution in [0, 0.1) is 34.5 Å². The van der Waals surface area contributed by atoms with E-state index in [9.17, 15) is 9.90 Å². The van der Waals surface area contributed by atoms with Gasteiger partial charge in [-0.15, -0.1) is 0 Å². The van der Waals surface area contributed by atoms with Gasteiger partial charge < -0.3 is 5.11 Å². The summed E-state index contributed by atoms with van der Waals surface area (Å²) < 4.78 is 0. The van der Waals surface area contributed by atoms with Gasteiger partial charge in [0.25, 0.3) is 0 Å². The maximum atomic E-state index is 12.3. The fourth-order valence-corrected chi connectivity index (χ4v) is 6.47. The van der Waals surface area contributed by atoms with Crippen LogP contribution in [0.3, 0.4) is 0 Å². The molecule has 6 atom stereocenters. The van der Waals surface area contributed by atoms with Crippen molar-refractivity contribution in [3.63, 3.8) is 0 Å². The predicted octanol–water partition coefficient (Wildman–Crippen LogP) is 4.13. The van der Waals surface area contributed by atoms with Crippen molar-refractivity contribution in [1.29, 1.82) is 0 Å². The molecule has 1 N–H and O–H groups in total. The molecule has 2 heteroatoms. The van der Waals surface area contributed by atoms with Crippen molar-refractivity contribution in [2.75, 3.05) is 0 Å². The second kappa shape index (κ2) is 4.69. The van der Waals surface area contributed by atoms with Crippen LogP contribution in [-0.4, -0.2) is 17.0 Å². The summed E-state index contributed by atoms with van der Waals surface area (Å²) in [6.45, 7) is 6.59. The van der Waals surface area contributed by atoms with E-state index in [1.54, 1.807) is 0 Å². The van der Waals surface area contributed by atoms with Gasteiger partial charge in [-0.05, 0) is 80.1 Å². The molecular weight excluding hydrogens is 272 g/mol. The highest BCUT2D eigenvalue weighted by molar-refractivity contribution is 5.96. The topological polar surface area (TPSA) is 37.3 Å². The van der Waals surface area contributed by atoms with Gasteiger partial charge in [-0.25, -0.2) is 0 Å². The summed E-state index contributed by atoms with van der Waals surface area (Å²) in [5.41, 5.74) is 1.45. The maximum Gasteiger partial charge on any atom is 0.161 e. The van der Waals surface area contributed by atoms with Crippen LogP contribution in [0.4, 0.5) is 0 Å². The van der Waals surface area contributed by atoms with Gasteiger partial charge in [0.15, 0.2) is 5.78 Å². The number of hydrogen-bond donors (Lipinski definition) is 1. The van der Waals surface area contributed by atoms with Crippen LogP contribution in [-0.2, 0) is 4.79 Å². The van der Waals surface area contributed by atoms with Gasteiger partial charge in [0.1, 0.15) is 0 Å². The molecule has 4 aliphatic rings. The lowest BCUT2D eigenvalue weighted by Crippen LogP contribution is -2.49. The van der Waals surface area contributed by atoms with Crippen LogP contribution in [0.1, 0.15) is 65.7 Å². The van der Waals surface area contributed by atoms with Gasteiger partial charge in [0.05, 0.1) is 6.10 Å². The van der Waals surface area contributed by atoms with Crippen molar-refractivity contribution in [3.8, 4) is 0 Å². The highest BCUT2D eigenvalue weighted by Crippen LogP contribution is 2.62. The summed E-state index contributed by atoms with van der Waals surface area (Å²) in [4.78, 5) is 12.3. The van der Waals surface area contributed by atoms with E-state index in [2.05, 4.69) is 20.8 Å². The van der Waals surface area contributed by atoms with E-state index in [-0.39, 0.29) is 16.9 Å². The second-order valence-electron chi connectivity index (χ2n) is 9.39. The first-order valence-electron chi connectivity index (χ1n) is 9.26. The van der Waals surface area contributed by atoms with Crippen LogP contribution >= 0.6 is 0 Å². The molecule has 0 aliphatic heterocycles. The van der Waals surface area contributed by atoms with Crippen molar-refractivity contribution >= 4 is 5.78 Å². The van der Waals surface area contributed by atoms with E-state index in [1.165, 1.54) is 31.3 Å². The minimum absolute atomic E-state index is 0.0836. The zero-order valence-electron chi connectivity index (χ0n) is 14.3. The van der Waals surface area contributed by atoms with Crippen molar-refractivity contribution in [2.45, 2.75) is 71.8 Å². The minimum atomic E-state index is -0.175. The molecule has 0 bridgehead atoms.